The summed E-state index contributed by atoms with van der Waals surface area (Å²) in [6.07, 6.45) is 0. The van der Waals surface area contributed by atoms with Gasteiger partial charge >= 0.3 is 43.8 Å². The number of aliphatic hydroxyl groups is 1. The van der Waals surface area contributed by atoms with Crippen molar-refractivity contribution in [2.24, 2.45) is 0 Å². The van der Waals surface area contributed by atoms with E-state index in [-0.39, 0.29) is 33.9 Å². The molecule has 1 N–H and O–H groups in total. The van der Waals surface area contributed by atoms with E-state index in [0.29, 0.717) is 0 Å². The van der Waals surface area contributed by atoms with Crippen LogP contribution in [0.3, 0.4) is 0 Å². The van der Waals surface area contributed by atoms with E-state index < -0.39 is 16.5 Å². The molecule has 2 unspecified atom stereocenters. The summed E-state index contributed by atoms with van der Waals surface area (Å²) in [4.78, 5) is 18.5. The second-order valence-electron chi connectivity index (χ2n) is 2.17. The van der Waals surface area contributed by atoms with Gasteiger partial charge in [-0.3, -0.25) is 0 Å². The molecule has 0 aliphatic heterocycles. The van der Waals surface area contributed by atoms with Crippen LogP contribution in [0.25, 0.3) is 0 Å². The zero-order valence-corrected chi connectivity index (χ0v) is 14.0. The predicted octanol–water partition coefficient (Wildman–Crippen LogP) is 0.215. The third-order valence-electron chi connectivity index (χ3n) is 1.16. The Hall–Kier alpha value is 0.182. The minimum atomic E-state index is -3.24. The van der Waals surface area contributed by atoms with E-state index in [1.807, 2.05) is 30.3 Å². The topological polar surface area (TPSA) is 110 Å². The molecule has 2 atom stereocenters. The maximum absolute atomic E-state index is 9.24. The molecular formula is C7H8CdO6P2+2. The minimum absolute atomic E-state index is 0. The molecule has 0 saturated carbocycles. The van der Waals surface area contributed by atoms with Crippen molar-refractivity contribution in [2.45, 2.75) is 6.61 Å². The fraction of sp³-hybridized carbons (Fsp3) is 0.143. The van der Waals surface area contributed by atoms with Crippen molar-refractivity contribution >= 4 is 16.5 Å². The van der Waals surface area contributed by atoms with Crippen LogP contribution in [0.5, 0.6) is 0 Å². The summed E-state index contributed by atoms with van der Waals surface area (Å²) in [5.74, 6) is 0. The molecule has 0 heterocycles. The van der Waals surface area contributed by atoms with Crippen molar-refractivity contribution in [1.82, 2.24) is 0 Å². The van der Waals surface area contributed by atoms with Gasteiger partial charge < -0.3 is 14.9 Å². The summed E-state index contributed by atoms with van der Waals surface area (Å²) in [5, 5.41) is 8.54. The predicted molar refractivity (Wildman–Crippen MR) is 48.7 cm³/mol. The molecule has 9 heteroatoms. The van der Waals surface area contributed by atoms with Crippen LogP contribution in [-0.4, -0.2) is 5.11 Å². The summed E-state index contributed by atoms with van der Waals surface area (Å²) in [5.41, 5.74) is 0.965. The normalized spacial score (nSPS) is 10.4. The van der Waals surface area contributed by atoms with E-state index >= 15 is 0 Å². The van der Waals surface area contributed by atoms with Gasteiger partial charge in [-0.25, -0.2) is 0 Å². The first-order valence-corrected chi connectivity index (χ1v) is 5.87. The minimum Gasteiger partial charge on any atom is -0.563 e. The molecule has 0 saturated heterocycles. The van der Waals surface area contributed by atoms with Crippen LogP contribution in [0.4, 0.5) is 0 Å². The first-order valence-electron chi connectivity index (χ1n) is 3.68. The molecule has 6 nitrogen and oxygen atoms in total. The number of rotatable bonds is 3. The Morgan fingerprint density at radius 1 is 1.12 bits per heavy atom. The van der Waals surface area contributed by atoms with Crippen molar-refractivity contribution in [2.75, 3.05) is 0 Å². The zero-order valence-electron chi connectivity index (χ0n) is 8.18. The van der Waals surface area contributed by atoms with Gasteiger partial charge in [0.25, 0.3) is 0 Å². The smallest absolute Gasteiger partial charge is 0.563 e. The number of benzene rings is 1. The SMILES string of the molecule is O=[P+]([O-])O[P+](=O)[O-].OCc1ccccc1.[Cd+2]. The van der Waals surface area contributed by atoms with Crippen molar-refractivity contribution in [3.05, 3.63) is 35.9 Å². The van der Waals surface area contributed by atoms with Crippen LogP contribution in [0.2, 0.25) is 0 Å². The van der Waals surface area contributed by atoms with Gasteiger partial charge in [0, 0.05) is 0 Å². The first-order chi connectivity index (χ1) is 7.06. The second-order valence-corrected chi connectivity index (χ2v) is 3.72. The third kappa shape index (κ3) is 12.3. The Labute approximate surface area is 114 Å². The van der Waals surface area contributed by atoms with E-state index in [1.54, 1.807) is 0 Å². The first kappa shape index (κ1) is 18.5. The van der Waals surface area contributed by atoms with Gasteiger partial charge in [-0.1, -0.05) is 30.3 Å². The molecule has 0 amide bonds. The quantitative estimate of drug-likeness (QED) is 0.608. The maximum Gasteiger partial charge on any atom is 2.00 e. The zero-order chi connectivity index (χ0) is 11.7. The fourth-order valence-corrected chi connectivity index (χ4v) is 1.07. The van der Waals surface area contributed by atoms with Crippen molar-refractivity contribution in [3.8, 4) is 0 Å². The van der Waals surface area contributed by atoms with E-state index in [9.17, 15) is 18.9 Å². The Bertz CT molecular complexity index is 308. The summed E-state index contributed by atoms with van der Waals surface area (Å²) < 4.78 is 21.6. The van der Waals surface area contributed by atoms with E-state index in [1.165, 1.54) is 0 Å². The van der Waals surface area contributed by atoms with Crippen molar-refractivity contribution in [1.29, 1.82) is 0 Å². The van der Waals surface area contributed by atoms with Gasteiger partial charge in [-0.05, 0) is 14.7 Å². The number of hydrogen-bond donors (Lipinski definition) is 1. The second kappa shape index (κ2) is 11.7. The molecule has 16 heavy (non-hydrogen) atoms. The molecule has 0 aliphatic rings. The molecule has 0 aliphatic carbocycles. The van der Waals surface area contributed by atoms with E-state index in [2.05, 4.69) is 4.31 Å². The summed E-state index contributed by atoms with van der Waals surface area (Å²) in [6, 6.07) is 9.52. The van der Waals surface area contributed by atoms with Crippen LogP contribution >= 0.6 is 16.5 Å². The van der Waals surface area contributed by atoms with Gasteiger partial charge in [-0.2, -0.15) is 0 Å². The largest absolute Gasteiger partial charge is 2.00 e. The molecule has 82 valence electrons. The molecule has 0 bridgehead atoms. The Morgan fingerprint density at radius 2 is 1.56 bits per heavy atom. The summed E-state index contributed by atoms with van der Waals surface area (Å²) in [7, 11) is -6.47. The molecule has 1 rings (SSSR count). The summed E-state index contributed by atoms with van der Waals surface area (Å²) >= 11 is 0. The molecule has 0 fully saturated rings. The van der Waals surface area contributed by atoms with E-state index in [4.69, 9.17) is 5.11 Å². The molecular weight excluding hydrogens is 354 g/mol. The van der Waals surface area contributed by atoms with Gasteiger partial charge in [0.2, 0.25) is 0 Å². The standard InChI is InChI=1S/C7H8O.Cd.O5P2/c8-6-7-4-2-1-3-5-7;;1-6(2)5-7(3)4/h1-5,8H,6H2;;/q;+2;. The van der Waals surface area contributed by atoms with Crippen LogP contribution in [0.1, 0.15) is 5.56 Å². The molecule has 0 aromatic heterocycles. The molecule has 0 spiro atoms. The average Bonchev–Trinajstić information content (AvgIpc) is 2.18. The van der Waals surface area contributed by atoms with Crippen molar-refractivity contribution < 1.29 is 55.6 Å². The maximum atomic E-state index is 9.24. The third-order valence-corrected chi connectivity index (χ3v) is 2.23. The molecule has 1 aromatic carbocycles. The van der Waals surface area contributed by atoms with Crippen molar-refractivity contribution in [3.63, 3.8) is 0 Å². The fourth-order valence-electron chi connectivity index (χ4n) is 0.638. The van der Waals surface area contributed by atoms with Gasteiger partial charge in [0.15, 0.2) is 0 Å². The van der Waals surface area contributed by atoms with Gasteiger partial charge in [0.05, 0.1) is 6.61 Å². The average molecular weight is 362 g/mol. The van der Waals surface area contributed by atoms with Crippen LogP contribution in [0.15, 0.2) is 30.3 Å². The number of hydrogen-bond acceptors (Lipinski definition) is 6. The van der Waals surface area contributed by atoms with Gasteiger partial charge in [-0.15, -0.1) is 0 Å². The number of aliphatic hydroxyl groups excluding tert-OH is 1. The summed E-state index contributed by atoms with van der Waals surface area (Å²) in [6.45, 7) is 0.140. The molecule has 1 aromatic rings. The van der Waals surface area contributed by atoms with Crippen LogP contribution in [-0.2, 0) is 47.3 Å². The monoisotopic (exact) mass is 364 g/mol. The van der Waals surface area contributed by atoms with Crippen LogP contribution < -0.4 is 9.79 Å². The van der Waals surface area contributed by atoms with Crippen LogP contribution in [0, 0.1) is 0 Å². The Kier molecular flexibility index (Phi) is 13.5. The Balaban J connectivity index is 0. The Morgan fingerprint density at radius 3 is 1.75 bits per heavy atom. The van der Waals surface area contributed by atoms with E-state index in [0.717, 1.165) is 5.56 Å². The molecule has 0 radical (unpaired) electrons. The van der Waals surface area contributed by atoms with Gasteiger partial charge in [0.1, 0.15) is 4.31 Å².